The van der Waals surface area contributed by atoms with Crippen molar-refractivity contribution in [1.82, 2.24) is 10.6 Å². The molecule has 0 bridgehead atoms. The van der Waals surface area contributed by atoms with Crippen molar-refractivity contribution in [2.24, 2.45) is 0 Å². The van der Waals surface area contributed by atoms with Crippen LogP contribution < -0.4 is 10.6 Å². The summed E-state index contributed by atoms with van der Waals surface area (Å²) in [4.78, 5) is 22.6. The third-order valence-electron chi connectivity index (χ3n) is 3.00. The lowest BCUT2D eigenvalue weighted by Gasteiger charge is -2.06. The fourth-order valence-electron chi connectivity index (χ4n) is 1.79. The van der Waals surface area contributed by atoms with Crippen molar-refractivity contribution in [2.45, 2.75) is 86.5 Å². The minimum absolute atomic E-state index is 0. The van der Waals surface area contributed by atoms with Crippen LogP contribution in [0, 0.1) is 0 Å². The van der Waals surface area contributed by atoms with Gasteiger partial charge in [0.25, 0.3) is 0 Å². The van der Waals surface area contributed by atoms with E-state index in [1.807, 2.05) is 27.7 Å². The van der Waals surface area contributed by atoms with Gasteiger partial charge in [-0.1, -0.05) is 46.6 Å². The molecule has 0 aromatic rings. The number of carbonyl (C=O) groups excluding carboxylic acids is 2. The fourth-order valence-corrected chi connectivity index (χ4v) is 1.79. The van der Waals surface area contributed by atoms with Gasteiger partial charge in [-0.3, -0.25) is 9.59 Å². The Morgan fingerprint density at radius 2 is 1.26 bits per heavy atom. The van der Waals surface area contributed by atoms with Crippen LogP contribution in [-0.2, 0) is 9.59 Å². The number of hydrogen-bond acceptors (Lipinski definition) is 2. The Balaban J connectivity index is -0.00000128. The van der Waals surface area contributed by atoms with Gasteiger partial charge in [0, 0.05) is 25.9 Å². The van der Waals surface area contributed by atoms with E-state index in [2.05, 4.69) is 17.2 Å². The van der Waals surface area contributed by atoms with E-state index in [1.54, 1.807) is 0 Å². The summed E-state index contributed by atoms with van der Waals surface area (Å²) >= 11 is 0. The molecule has 0 aromatic heterocycles. The van der Waals surface area contributed by atoms with Gasteiger partial charge < -0.3 is 10.6 Å². The average Bonchev–Trinajstić information content (AvgIpc) is 2.50. The molecular formula is C19H40N2O2. The first kappa shape index (κ1) is 26.6. The maximum absolute atomic E-state index is 11.4. The molecule has 0 saturated heterocycles. The number of carbonyl (C=O) groups is 2. The van der Waals surface area contributed by atoms with E-state index in [4.69, 9.17) is 0 Å². The second kappa shape index (κ2) is 20.7. The van der Waals surface area contributed by atoms with Crippen LogP contribution in [0.25, 0.3) is 0 Å². The molecule has 0 aliphatic rings. The van der Waals surface area contributed by atoms with Gasteiger partial charge in [0.15, 0.2) is 0 Å². The van der Waals surface area contributed by atoms with Gasteiger partial charge >= 0.3 is 0 Å². The molecule has 2 amide bonds. The topological polar surface area (TPSA) is 58.2 Å². The first-order valence-corrected chi connectivity index (χ1v) is 8.74. The van der Waals surface area contributed by atoms with Gasteiger partial charge in [0.1, 0.15) is 0 Å². The van der Waals surface area contributed by atoms with Crippen molar-refractivity contribution in [3.05, 3.63) is 12.2 Å². The lowest BCUT2D eigenvalue weighted by molar-refractivity contribution is -0.121. The lowest BCUT2D eigenvalue weighted by Crippen LogP contribution is -2.24. The van der Waals surface area contributed by atoms with Gasteiger partial charge in [0.2, 0.25) is 11.8 Å². The van der Waals surface area contributed by atoms with E-state index in [-0.39, 0.29) is 19.2 Å². The molecule has 0 rings (SSSR count). The summed E-state index contributed by atoms with van der Waals surface area (Å²) < 4.78 is 0. The largest absolute Gasteiger partial charge is 0.356 e. The third kappa shape index (κ3) is 23.1. The molecule has 0 unspecified atom stereocenters. The SMILES string of the molecule is C.C=C(C)CCC(=O)NCCCCCCNC(=O)CCC.CC. The Kier molecular flexibility index (Phi) is 23.9. The molecule has 0 aliphatic heterocycles. The summed E-state index contributed by atoms with van der Waals surface area (Å²) in [5.41, 5.74) is 1.05. The van der Waals surface area contributed by atoms with Crippen molar-refractivity contribution < 1.29 is 9.59 Å². The highest BCUT2D eigenvalue weighted by Gasteiger charge is 2.00. The van der Waals surface area contributed by atoms with Crippen LogP contribution >= 0.6 is 0 Å². The fraction of sp³-hybridized carbons (Fsp3) is 0.789. The molecule has 4 heteroatoms. The predicted octanol–water partition coefficient (Wildman–Crippen LogP) is 4.60. The number of allylic oxidation sites excluding steroid dienone is 1. The van der Waals surface area contributed by atoms with Crippen LogP contribution in [0.4, 0.5) is 0 Å². The van der Waals surface area contributed by atoms with Crippen molar-refractivity contribution in [3.8, 4) is 0 Å². The molecule has 0 aliphatic carbocycles. The second-order valence-corrected chi connectivity index (χ2v) is 5.32. The Hall–Kier alpha value is -1.32. The summed E-state index contributed by atoms with van der Waals surface area (Å²) in [6.07, 6.45) is 7.02. The Morgan fingerprint density at radius 1 is 0.826 bits per heavy atom. The zero-order valence-electron chi connectivity index (χ0n) is 15.1. The zero-order chi connectivity index (χ0) is 17.2. The Bertz CT molecular complexity index is 302. The van der Waals surface area contributed by atoms with Crippen LogP contribution in [0.3, 0.4) is 0 Å². The summed E-state index contributed by atoms with van der Waals surface area (Å²) in [6.45, 7) is 13.2. The minimum Gasteiger partial charge on any atom is -0.356 e. The van der Waals surface area contributed by atoms with Crippen molar-refractivity contribution in [3.63, 3.8) is 0 Å². The number of nitrogens with one attached hydrogen (secondary N) is 2. The van der Waals surface area contributed by atoms with Gasteiger partial charge in [0.05, 0.1) is 0 Å². The molecule has 0 radical (unpaired) electrons. The summed E-state index contributed by atoms with van der Waals surface area (Å²) in [5, 5.41) is 5.82. The molecule has 0 aromatic carbocycles. The predicted molar refractivity (Wildman–Crippen MR) is 102 cm³/mol. The van der Waals surface area contributed by atoms with E-state index in [9.17, 15) is 9.59 Å². The normalized spacial score (nSPS) is 9.04. The van der Waals surface area contributed by atoms with Crippen LogP contribution in [0.2, 0.25) is 0 Å². The van der Waals surface area contributed by atoms with Crippen molar-refractivity contribution >= 4 is 11.8 Å². The van der Waals surface area contributed by atoms with E-state index in [0.29, 0.717) is 12.8 Å². The third-order valence-corrected chi connectivity index (χ3v) is 3.00. The van der Waals surface area contributed by atoms with Crippen molar-refractivity contribution in [1.29, 1.82) is 0 Å². The smallest absolute Gasteiger partial charge is 0.220 e. The first-order chi connectivity index (χ1) is 10.6. The van der Waals surface area contributed by atoms with E-state index in [1.165, 1.54) is 0 Å². The lowest BCUT2D eigenvalue weighted by atomic mass is 10.1. The molecule has 23 heavy (non-hydrogen) atoms. The molecular weight excluding hydrogens is 288 g/mol. The Labute approximate surface area is 144 Å². The molecule has 0 saturated carbocycles. The number of amides is 2. The summed E-state index contributed by atoms with van der Waals surface area (Å²) in [5.74, 6) is 0.261. The molecule has 4 nitrogen and oxygen atoms in total. The maximum atomic E-state index is 11.4. The first-order valence-electron chi connectivity index (χ1n) is 8.74. The average molecular weight is 329 g/mol. The maximum Gasteiger partial charge on any atom is 0.220 e. The number of rotatable bonds is 12. The molecule has 138 valence electrons. The second-order valence-electron chi connectivity index (χ2n) is 5.32. The number of hydrogen-bond donors (Lipinski definition) is 2. The highest BCUT2D eigenvalue weighted by molar-refractivity contribution is 5.76. The van der Waals surface area contributed by atoms with Gasteiger partial charge in [-0.25, -0.2) is 0 Å². The minimum atomic E-state index is 0. The Morgan fingerprint density at radius 3 is 1.65 bits per heavy atom. The molecule has 0 spiro atoms. The highest BCUT2D eigenvalue weighted by atomic mass is 16.2. The number of unbranched alkanes of at least 4 members (excludes halogenated alkanes) is 3. The summed E-state index contributed by atoms with van der Waals surface area (Å²) in [6, 6.07) is 0. The van der Waals surface area contributed by atoms with Crippen LogP contribution in [0.1, 0.15) is 86.5 Å². The van der Waals surface area contributed by atoms with Crippen LogP contribution in [-0.4, -0.2) is 24.9 Å². The standard InChI is InChI=1S/C16H30N2O2.C2H6.CH4/c1-4-9-15(19)17-12-7-5-6-8-13-18-16(20)11-10-14(2)3;1-2;/h2,4-13H2,1,3H3,(H,17,19)(H,18,20);1-2H3;1H4. The van der Waals surface area contributed by atoms with Gasteiger partial charge in [-0.15, -0.1) is 6.58 Å². The van der Waals surface area contributed by atoms with Gasteiger partial charge in [-0.2, -0.15) is 0 Å². The van der Waals surface area contributed by atoms with Crippen LogP contribution in [0.5, 0.6) is 0 Å². The summed E-state index contributed by atoms with van der Waals surface area (Å²) in [7, 11) is 0. The molecule has 0 heterocycles. The van der Waals surface area contributed by atoms with E-state index in [0.717, 1.165) is 57.2 Å². The molecule has 0 atom stereocenters. The zero-order valence-corrected chi connectivity index (χ0v) is 15.1. The van der Waals surface area contributed by atoms with E-state index < -0.39 is 0 Å². The van der Waals surface area contributed by atoms with E-state index >= 15 is 0 Å². The van der Waals surface area contributed by atoms with Gasteiger partial charge in [-0.05, 0) is 32.6 Å². The monoisotopic (exact) mass is 328 g/mol. The molecule has 2 N–H and O–H groups in total. The quantitative estimate of drug-likeness (QED) is 0.406. The van der Waals surface area contributed by atoms with Crippen molar-refractivity contribution in [2.75, 3.05) is 13.1 Å². The van der Waals surface area contributed by atoms with Crippen LogP contribution in [0.15, 0.2) is 12.2 Å². The highest BCUT2D eigenvalue weighted by Crippen LogP contribution is 2.01. The molecule has 0 fully saturated rings.